The van der Waals surface area contributed by atoms with Gasteiger partial charge in [0, 0.05) is 24.7 Å². The Hall–Kier alpha value is -1.46. The summed E-state index contributed by atoms with van der Waals surface area (Å²) < 4.78 is 0. The van der Waals surface area contributed by atoms with Crippen LogP contribution in [0.2, 0.25) is 0 Å². The van der Waals surface area contributed by atoms with E-state index in [1.807, 2.05) is 6.92 Å². The van der Waals surface area contributed by atoms with Crippen molar-refractivity contribution in [3.63, 3.8) is 0 Å². The normalized spacial score (nSPS) is 22.0. The van der Waals surface area contributed by atoms with Crippen LogP contribution < -0.4 is 0 Å². The number of aliphatic hydroxyl groups is 1. The fourth-order valence-electron chi connectivity index (χ4n) is 2.55. The molecule has 0 saturated carbocycles. The zero-order valence-electron chi connectivity index (χ0n) is 10.5. The fourth-order valence-corrected chi connectivity index (χ4v) is 2.55. The van der Waals surface area contributed by atoms with E-state index >= 15 is 0 Å². The highest BCUT2D eigenvalue weighted by Gasteiger charge is 2.27. The summed E-state index contributed by atoms with van der Waals surface area (Å²) in [6.07, 6.45) is 1.79. The molecule has 5 heteroatoms. The Balaban J connectivity index is 2.02. The van der Waals surface area contributed by atoms with E-state index in [1.165, 1.54) is 12.1 Å². The molecule has 1 heterocycles. The Morgan fingerprint density at radius 1 is 1.50 bits per heavy atom. The van der Waals surface area contributed by atoms with Crippen molar-refractivity contribution >= 4 is 5.69 Å². The molecule has 1 aliphatic heterocycles. The smallest absolute Gasteiger partial charge is 0.269 e. The van der Waals surface area contributed by atoms with Gasteiger partial charge < -0.3 is 5.11 Å². The van der Waals surface area contributed by atoms with Crippen LogP contribution in [0.15, 0.2) is 24.3 Å². The molecule has 1 aliphatic rings. The SMILES string of the molecule is C[C@H](O)C1CCCN1Cc1ccc([N+](=O)[O-])cc1. The van der Waals surface area contributed by atoms with Crippen LogP contribution >= 0.6 is 0 Å². The number of nitro groups is 1. The number of non-ortho nitro benzene ring substituents is 1. The Labute approximate surface area is 106 Å². The minimum absolute atomic E-state index is 0.118. The number of nitro benzene ring substituents is 1. The van der Waals surface area contributed by atoms with E-state index in [9.17, 15) is 15.2 Å². The van der Waals surface area contributed by atoms with Crippen LogP contribution in [0.5, 0.6) is 0 Å². The van der Waals surface area contributed by atoms with Crippen LogP contribution in [0.1, 0.15) is 25.3 Å². The number of hydrogen-bond donors (Lipinski definition) is 1. The molecule has 0 radical (unpaired) electrons. The summed E-state index contributed by atoms with van der Waals surface area (Å²) in [4.78, 5) is 12.4. The molecule has 18 heavy (non-hydrogen) atoms. The molecule has 2 atom stereocenters. The van der Waals surface area contributed by atoms with Gasteiger partial charge in [-0.1, -0.05) is 12.1 Å². The summed E-state index contributed by atoms with van der Waals surface area (Å²) in [5.41, 5.74) is 1.17. The molecule has 1 saturated heterocycles. The van der Waals surface area contributed by atoms with Gasteiger partial charge in [0.15, 0.2) is 0 Å². The van der Waals surface area contributed by atoms with Crippen LogP contribution in [-0.2, 0) is 6.54 Å². The van der Waals surface area contributed by atoms with Crippen molar-refractivity contribution < 1.29 is 10.0 Å². The highest BCUT2D eigenvalue weighted by Crippen LogP contribution is 2.23. The van der Waals surface area contributed by atoms with Crippen molar-refractivity contribution in [1.29, 1.82) is 0 Å². The maximum atomic E-state index is 10.6. The summed E-state index contributed by atoms with van der Waals surface area (Å²) in [6, 6.07) is 6.84. The molecule has 0 spiro atoms. The minimum Gasteiger partial charge on any atom is -0.392 e. The predicted octanol–water partition coefficient (Wildman–Crippen LogP) is 1.94. The molecular weight excluding hydrogens is 232 g/mol. The topological polar surface area (TPSA) is 66.6 Å². The minimum atomic E-state index is -0.391. The summed E-state index contributed by atoms with van der Waals surface area (Å²) >= 11 is 0. The third-order valence-electron chi connectivity index (χ3n) is 3.50. The molecule has 0 aromatic heterocycles. The van der Waals surface area contributed by atoms with Gasteiger partial charge in [0.1, 0.15) is 0 Å². The van der Waals surface area contributed by atoms with Gasteiger partial charge >= 0.3 is 0 Å². The van der Waals surface area contributed by atoms with Gasteiger partial charge in [0.05, 0.1) is 11.0 Å². The van der Waals surface area contributed by atoms with E-state index in [0.29, 0.717) is 0 Å². The van der Waals surface area contributed by atoms with Gasteiger partial charge in [0.2, 0.25) is 0 Å². The van der Waals surface area contributed by atoms with Crippen LogP contribution in [0.25, 0.3) is 0 Å². The first kappa shape index (κ1) is 13.0. The fraction of sp³-hybridized carbons (Fsp3) is 0.538. The number of nitrogens with zero attached hydrogens (tertiary/aromatic N) is 2. The lowest BCUT2D eigenvalue weighted by Gasteiger charge is -2.26. The molecule has 1 aromatic carbocycles. The lowest BCUT2D eigenvalue weighted by molar-refractivity contribution is -0.384. The molecular formula is C13H18N2O3. The molecule has 0 bridgehead atoms. The zero-order valence-corrected chi connectivity index (χ0v) is 10.5. The van der Waals surface area contributed by atoms with Crippen LogP contribution in [-0.4, -0.2) is 33.6 Å². The van der Waals surface area contributed by atoms with Gasteiger partial charge in [0.25, 0.3) is 5.69 Å². The van der Waals surface area contributed by atoms with Crippen molar-refractivity contribution in [2.75, 3.05) is 6.54 Å². The Morgan fingerprint density at radius 2 is 2.17 bits per heavy atom. The Bertz CT molecular complexity index is 417. The van der Waals surface area contributed by atoms with Gasteiger partial charge in [-0.3, -0.25) is 15.0 Å². The molecule has 98 valence electrons. The van der Waals surface area contributed by atoms with Crippen molar-refractivity contribution in [3.8, 4) is 0 Å². The van der Waals surface area contributed by atoms with Gasteiger partial charge in [-0.05, 0) is 31.9 Å². The highest BCUT2D eigenvalue weighted by molar-refractivity contribution is 5.32. The summed E-state index contributed by atoms with van der Waals surface area (Å²) in [7, 11) is 0. The highest BCUT2D eigenvalue weighted by atomic mass is 16.6. The van der Waals surface area contributed by atoms with Crippen LogP contribution in [0.4, 0.5) is 5.69 Å². The molecule has 1 fully saturated rings. The zero-order chi connectivity index (χ0) is 13.1. The van der Waals surface area contributed by atoms with E-state index in [-0.39, 0.29) is 17.8 Å². The monoisotopic (exact) mass is 250 g/mol. The maximum absolute atomic E-state index is 10.6. The van der Waals surface area contributed by atoms with E-state index < -0.39 is 4.92 Å². The summed E-state index contributed by atoms with van der Waals surface area (Å²) in [5, 5.41) is 20.2. The number of benzene rings is 1. The van der Waals surface area contributed by atoms with Crippen LogP contribution in [0.3, 0.4) is 0 Å². The third kappa shape index (κ3) is 2.86. The lowest BCUT2D eigenvalue weighted by atomic mass is 10.1. The average Bonchev–Trinajstić information content (AvgIpc) is 2.78. The second-order valence-corrected chi connectivity index (χ2v) is 4.84. The summed E-state index contributed by atoms with van der Waals surface area (Å²) in [5.74, 6) is 0. The van der Waals surface area contributed by atoms with Gasteiger partial charge in [-0.15, -0.1) is 0 Å². The molecule has 1 unspecified atom stereocenters. The number of rotatable bonds is 4. The van der Waals surface area contributed by atoms with Gasteiger partial charge in [-0.2, -0.15) is 0 Å². The molecule has 0 amide bonds. The van der Waals surface area contributed by atoms with Gasteiger partial charge in [-0.25, -0.2) is 0 Å². The second-order valence-electron chi connectivity index (χ2n) is 4.84. The number of hydrogen-bond acceptors (Lipinski definition) is 4. The first-order valence-electron chi connectivity index (χ1n) is 6.23. The Kier molecular flexibility index (Phi) is 3.93. The van der Waals surface area contributed by atoms with E-state index in [0.717, 1.165) is 31.5 Å². The number of likely N-dealkylation sites (tertiary alicyclic amines) is 1. The molecule has 2 rings (SSSR count). The largest absolute Gasteiger partial charge is 0.392 e. The quantitative estimate of drug-likeness (QED) is 0.655. The predicted molar refractivity (Wildman–Crippen MR) is 68.2 cm³/mol. The van der Waals surface area contributed by atoms with E-state index in [2.05, 4.69) is 4.90 Å². The van der Waals surface area contributed by atoms with E-state index in [1.54, 1.807) is 12.1 Å². The maximum Gasteiger partial charge on any atom is 0.269 e. The van der Waals surface area contributed by atoms with Crippen molar-refractivity contribution in [1.82, 2.24) is 4.90 Å². The lowest BCUT2D eigenvalue weighted by Crippen LogP contribution is -2.36. The van der Waals surface area contributed by atoms with E-state index in [4.69, 9.17) is 0 Å². The van der Waals surface area contributed by atoms with Crippen LogP contribution in [0, 0.1) is 10.1 Å². The first-order chi connectivity index (χ1) is 8.58. The Morgan fingerprint density at radius 3 is 2.72 bits per heavy atom. The third-order valence-corrected chi connectivity index (χ3v) is 3.50. The first-order valence-corrected chi connectivity index (χ1v) is 6.23. The molecule has 1 aromatic rings. The summed E-state index contributed by atoms with van der Waals surface area (Å²) in [6.45, 7) is 3.54. The molecule has 1 N–H and O–H groups in total. The average molecular weight is 250 g/mol. The van der Waals surface area contributed by atoms with Crippen molar-refractivity contribution in [2.45, 2.75) is 38.5 Å². The molecule has 5 nitrogen and oxygen atoms in total. The number of aliphatic hydroxyl groups excluding tert-OH is 1. The second kappa shape index (κ2) is 5.46. The molecule has 0 aliphatic carbocycles. The van der Waals surface area contributed by atoms with Crippen molar-refractivity contribution in [3.05, 3.63) is 39.9 Å². The van der Waals surface area contributed by atoms with Crippen molar-refractivity contribution in [2.24, 2.45) is 0 Å². The standard InChI is InChI=1S/C13H18N2O3/c1-10(16)13-3-2-8-14(13)9-11-4-6-12(7-5-11)15(17)18/h4-7,10,13,16H,2-3,8-9H2,1H3/t10-,13?/m0/s1.